The van der Waals surface area contributed by atoms with Crippen LogP contribution in [0.1, 0.15) is 57.1 Å². The molecule has 1 fully saturated rings. The fourth-order valence-electron chi connectivity index (χ4n) is 4.51. The molecule has 2 atom stereocenters. The Labute approximate surface area is 121 Å². The molecule has 0 aliphatic heterocycles. The number of rotatable bonds is 1. The number of benzene rings is 1. The predicted octanol–water partition coefficient (Wildman–Crippen LogP) is 3.73. The quantitative estimate of drug-likeness (QED) is 0.844. The topological polar surface area (TPSA) is 44.0 Å². The van der Waals surface area contributed by atoms with Crippen LogP contribution >= 0.6 is 0 Å². The van der Waals surface area contributed by atoms with Gasteiger partial charge in [0.15, 0.2) is 0 Å². The molecule has 0 radical (unpaired) electrons. The second-order valence-corrected chi connectivity index (χ2v) is 7.40. The van der Waals surface area contributed by atoms with Gasteiger partial charge in [0, 0.05) is 0 Å². The average molecular weight is 269 g/mol. The molecule has 0 spiro atoms. The molecule has 106 valence electrons. The maximum Gasteiger partial charge on any atom is 0.111 e. The summed E-state index contributed by atoms with van der Waals surface area (Å²) in [4.78, 5) is 0. The Balaban J connectivity index is 2.09. The predicted molar refractivity (Wildman–Crippen MR) is 79.3 cm³/mol. The second-order valence-electron chi connectivity index (χ2n) is 7.40. The van der Waals surface area contributed by atoms with Crippen molar-refractivity contribution in [2.75, 3.05) is 0 Å². The summed E-state index contributed by atoms with van der Waals surface area (Å²) in [6.07, 6.45) is 5.29. The zero-order chi connectivity index (χ0) is 14.4. The van der Waals surface area contributed by atoms with Gasteiger partial charge in [-0.3, -0.25) is 0 Å². The zero-order valence-electron chi connectivity index (χ0n) is 12.4. The van der Waals surface area contributed by atoms with Gasteiger partial charge in [-0.05, 0) is 55.1 Å². The average Bonchev–Trinajstić information content (AvgIpc) is 2.77. The summed E-state index contributed by atoms with van der Waals surface area (Å²) in [7, 11) is 0. The highest BCUT2D eigenvalue weighted by atomic mass is 16.3. The first-order valence-electron chi connectivity index (χ1n) is 7.65. The zero-order valence-corrected chi connectivity index (χ0v) is 12.4. The lowest BCUT2D eigenvalue weighted by atomic mass is 9.57. The summed E-state index contributed by atoms with van der Waals surface area (Å²) < 4.78 is 0. The van der Waals surface area contributed by atoms with E-state index in [2.05, 4.69) is 26.0 Å². The number of nitrogens with zero attached hydrogens (tertiary/aromatic N) is 1. The molecule has 0 saturated heterocycles. The van der Waals surface area contributed by atoms with Crippen LogP contribution < -0.4 is 0 Å². The summed E-state index contributed by atoms with van der Waals surface area (Å²) in [5.74, 6) is 0. The maximum absolute atomic E-state index is 11.4. The minimum absolute atomic E-state index is 0.119. The Morgan fingerprint density at radius 1 is 1.15 bits per heavy atom. The molecule has 1 aromatic rings. The molecule has 2 unspecified atom stereocenters. The Hall–Kier alpha value is -1.33. The summed E-state index contributed by atoms with van der Waals surface area (Å²) in [6, 6.07) is 10.7. The van der Waals surface area contributed by atoms with Crippen LogP contribution in [0.25, 0.3) is 0 Å². The van der Waals surface area contributed by atoms with E-state index in [4.69, 9.17) is 0 Å². The lowest BCUT2D eigenvalue weighted by Crippen LogP contribution is -2.54. The highest BCUT2D eigenvalue weighted by molar-refractivity contribution is 5.47. The van der Waals surface area contributed by atoms with E-state index in [1.54, 1.807) is 0 Å². The molecule has 1 aromatic carbocycles. The van der Waals surface area contributed by atoms with Gasteiger partial charge in [0.1, 0.15) is 5.41 Å². The molecule has 0 bridgehead atoms. The molecule has 1 saturated carbocycles. The van der Waals surface area contributed by atoms with Gasteiger partial charge in [0.2, 0.25) is 0 Å². The second kappa shape index (κ2) is 4.33. The monoisotopic (exact) mass is 269 g/mol. The van der Waals surface area contributed by atoms with Crippen LogP contribution in [-0.2, 0) is 11.8 Å². The molecule has 2 heteroatoms. The van der Waals surface area contributed by atoms with E-state index in [-0.39, 0.29) is 5.41 Å². The summed E-state index contributed by atoms with van der Waals surface area (Å²) >= 11 is 0. The highest BCUT2D eigenvalue weighted by Crippen LogP contribution is 2.54. The van der Waals surface area contributed by atoms with E-state index in [1.807, 2.05) is 18.2 Å². The van der Waals surface area contributed by atoms with Crippen LogP contribution in [0, 0.1) is 16.7 Å². The minimum Gasteiger partial charge on any atom is -0.388 e. The number of nitriles is 1. The summed E-state index contributed by atoms with van der Waals surface area (Å²) in [6.45, 7) is 4.42. The van der Waals surface area contributed by atoms with E-state index < -0.39 is 11.0 Å². The standard InChI is InChI=1S/C18H23NO/c1-16(2)9-5-10-18(20,12-16)17(13-19)11-8-14-6-3-4-7-15(14)17/h3-4,6-7,20H,5,8-12H2,1-2H3. The first-order valence-corrected chi connectivity index (χ1v) is 7.65. The fourth-order valence-corrected chi connectivity index (χ4v) is 4.51. The molecule has 0 heterocycles. The van der Waals surface area contributed by atoms with Crippen LogP contribution in [0.5, 0.6) is 0 Å². The number of aryl methyl sites for hydroxylation is 1. The van der Waals surface area contributed by atoms with Crippen LogP contribution in [0.4, 0.5) is 0 Å². The van der Waals surface area contributed by atoms with Crippen molar-refractivity contribution in [3.63, 3.8) is 0 Å². The Bertz CT molecular complexity index is 571. The van der Waals surface area contributed by atoms with Crippen molar-refractivity contribution in [3.05, 3.63) is 35.4 Å². The van der Waals surface area contributed by atoms with Crippen LogP contribution in [0.15, 0.2) is 24.3 Å². The summed E-state index contributed by atoms with van der Waals surface area (Å²) in [5, 5.41) is 21.3. The van der Waals surface area contributed by atoms with Crippen molar-refractivity contribution in [3.8, 4) is 6.07 Å². The van der Waals surface area contributed by atoms with Gasteiger partial charge in [-0.15, -0.1) is 0 Å². The van der Waals surface area contributed by atoms with E-state index in [9.17, 15) is 10.4 Å². The third-order valence-corrected chi connectivity index (χ3v) is 5.45. The SMILES string of the molecule is CC1(C)CCCC(O)(C2(C#N)CCc3ccccc32)C1. The fraction of sp³-hybridized carbons (Fsp3) is 0.611. The third kappa shape index (κ3) is 1.80. The number of hydrogen-bond acceptors (Lipinski definition) is 2. The van der Waals surface area contributed by atoms with E-state index >= 15 is 0 Å². The van der Waals surface area contributed by atoms with Crippen molar-refractivity contribution >= 4 is 0 Å². The normalized spacial score (nSPS) is 35.3. The number of fused-ring (bicyclic) bond motifs is 1. The van der Waals surface area contributed by atoms with E-state index in [0.717, 1.165) is 44.1 Å². The van der Waals surface area contributed by atoms with Crippen molar-refractivity contribution in [1.82, 2.24) is 0 Å². The molecule has 1 N–H and O–H groups in total. The van der Waals surface area contributed by atoms with Gasteiger partial charge >= 0.3 is 0 Å². The van der Waals surface area contributed by atoms with Crippen molar-refractivity contribution in [2.24, 2.45) is 5.41 Å². The lowest BCUT2D eigenvalue weighted by Gasteiger charge is -2.49. The molecular formula is C18H23NO. The van der Waals surface area contributed by atoms with Crippen LogP contribution in [-0.4, -0.2) is 10.7 Å². The van der Waals surface area contributed by atoms with Crippen molar-refractivity contribution in [2.45, 2.75) is 63.4 Å². The van der Waals surface area contributed by atoms with E-state index in [1.165, 1.54) is 5.56 Å². The first-order chi connectivity index (χ1) is 9.43. The number of aliphatic hydroxyl groups is 1. The van der Waals surface area contributed by atoms with Gasteiger partial charge in [-0.2, -0.15) is 5.26 Å². The van der Waals surface area contributed by atoms with Gasteiger partial charge < -0.3 is 5.11 Å². The summed E-state index contributed by atoms with van der Waals surface area (Å²) in [5.41, 5.74) is 0.847. The molecule has 20 heavy (non-hydrogen) atoms. The van der Waals surface area contributed by atoms with E-state index in [0.29, 0.717) is 0 Å². The van der Waals surface area contributed by atoms with Gasteiger partial charge in [-0.1, -0.05) is 38.1 Å². The third-order valence-electron chi connectivity index (χ3n) is 5.45. The maximum atomic E-state index is 11.4. The Morgan fingerprint density at radius 2 is 1.90 bits per heavy atom. The highest BCUT2D eigenvalue weighted by Gasteiger charge is 2.57. The molecule has 0 aromatic heterocycles. The van der Waals surface area contributed by atoms with Crippen LogP contribution in [0.2, 0.25) is 0 Å². The molecule has 2 aliphatic carbocycles. The molecular weight excluding hydrogens is 246 g/mol. The van der Waals surface area contributed by atoms with Gasteiger partial charge in [0.05, 0.1) is 11.7 Å². The smallest absolute Gasteiger partial charge is 0.111 e. The van der Waals surface area contributed by atoms with Crippen molar-refractivity contribution < 1.29 is 5.11 Å². The molecule has 3 rings (SSSR count). The van der Waals surface area contributed by atoms with Gasteiger partial charge in [-0.25, -0.2) is 0 Å². The Kier molecular flexibility index (Phi) is 2.95. The molecule has 2 aliphatic rings. The Morgan fingerprint density at radius 3 is 2.60 bits per heavy atom. The van der Waals surface area contributed by atoms with Gasteiger partial charge in [0.25, 0.3) is 0 Å². The number of hydrogen-bond donors (Lipinski definition) is 1. The van der Waals surface area contributed by atoms with Crippen molar-refractivity contribution in [1.29, 1.82) is 5.26 Å². The first kappa shape index (κ1) is 13.6. The molecule has 0 amide bonds. The van der Waals surface area contributed by atoms with Crippen LogP contribution in [0.3, 0.4) is 0 Å². The largest absolute Gasteiger partial charge is 0.388 e. The molecule has 2 nitrogen and oxygen atoms in total. The minimum atomic E-state index is -0.879. The lowest BCUT2D eigenvalue weighted by molar-refractivity contribution is -0.0819.